The smallest absolute Gasteiger partial charge is 0.237 e. The first kappa shape index (κ1) is 14.9. The lowest BCUT2D eigenvalue weighted by molar-refractivity contribution is -0.123. The van der Waals surface area contributed by atoms with E-state index in [4.69, 9.17) is 17.3 Å². The monoisotopic (exact) mass is 272 g/mol. The number of nitrogens with one attached hydrogen (secondary N) is 1. The van der Waals surface area contributed by atoms with Gasteiger partial charge in [0.25, 0.3) is 0 Å². The highest BCUT2D eigenvalue weighted by Crippen LogP contribution is 2.18. The summed E-state index contributed by atoms with van der Waals surface area (Å²) in [4.78, 5) is 11.6. The zero-order chi connectivity index (χ0) is 13.7. The fraction of sp³-hybridized carbons (Fsp3) is 0.462. The molecule has 0 saturated heterocycles. The van der Waals surface area contributed by atoms with Gasteiger partial charge >= 0.3 is 0 Å². The molecule has 0 saturated carbocycles. The molecule has 3 nitrogen and oxygen atoms in total. The van der Waals surface area contributed by atoms with Crippen molar-refractivity contribution in [2.75, 3.05) is 6.54 Å². The molecule has 1 unspecified atom stereocenters. The van der Waals surface area contributed by atoms with Crippen LogP contribution in [0.5, 0.6) is 0 Å². The minimum absolute atomic E-state index is 0.0713. The first-order valence-corrected chi connectivity index (χ1v) is 6.27. The third kappa shape index (κ3) is 3.96. The van der Waals surface area contributed by atoms with Gasteiger partial charge in [0.1, 0.15) is 5.82 Å². The molecule has 0 aliphatic rings. The lowest BCUT2D eigenvalue weighted by Crippen LogP contribution is -2.44. The van der Waals surface area contributed by atoms with Crippen LogP contribution in [0.25, 0.3) is 0 Å². The van der Waals surface area contributed by atoms with Gasteiger partial charge in [0.05, 0.1) is 6.04 Å². The molecule has 5 heteroatoms. The van der Waals surface area contributed by atoms with Gasteiger partial charge < -0.3 is 11.1 Å². The first-order valence-electron chi connectivity index (χ1n) is 5.89. The highest BCUT2D eigenvalue weighted by atomic mass is 35.5. The van der Waals surface area contributed by atoms with Gasteiger partial charge in [0, 0.05) is 17.1 Å². The lowest BCUT2D eigenvalue weighted by Gasteiger charge is -2.15. The van der Waals surface area contributed by atoms with Crippen molar-refractivity contribution < 1.29 is 9.18 Å². The maximum Gasteiger partial charge on any atom is 0.237 e. The standard InChI is InChI=1S/C13H18ClFN2O/c1-8(2)12(16)13(18)17-7-6-9-10(14)4-3-5-11(9)15/h3-5,8,12H,6-7,16H2,1-2H3,(H,17,18). The molecule has 0 radical (unpaired) electrons. The number of benzene rings is 1. The second-order valence-electron chi connectivity index (χ2n) is 4.51. The minimum Gasteiger partial charge on any atom is -0.354 e. The van der Waals surface area contributed by atoms with Crippen LogP contribution in [0, 0.1) is 11.7 Å². The first-order chi connectivity index (χ1) is 8.43. The zero-order valence-corrected chi connectivity index (χ0v) is 11.3. The largest absolute Gasteiger partial charge is 0.354 e. The summed E-state index contributed by atoms with van der Waals surface area (Å²) in [7, 11) is 0. The molecule has 18 heavy (non-hydrogen) atoms. The predicted octanol–water partition coefficient (Wildman–Crippen LogP) is 2.12. The Morgan fingerprint density at radius 2 is 2.17 bits per heavy atom. The summed E-state index contributed by atoms with van der Waals surface area (Å²) < 4.78 is 13.4. The van der Waals surface area contributed by atoms with Crippen molar-refractivity contribution in [2.24, 2.45) is 11.7 Å². The SMILES string of the molecule is CC(C)C(N)C(=O)NCCc1c(F)cccc1Cl. The summed E-state index contributed by atoms with van der Waals surface area (Å²) in [5.74, 6) is -0.510. The van der Waals surface area contributed by atoms with Crippen LogP contribution in [0.4, 0.5) is 4.39 Å². The van der Waals surface area contributed by atoms with Gasteiger partial charge in [-0.05, 0) is 24.5 Å². The van der Waals surface area contributed by atoms with Crippen LogP contribution in [0.3, 0.4) is 0 Å². The summed E-state index contributed by atoms with van der Waals surface area (Å²) in [6, 6.07) is 3.99. The molecule has 1 rings (SSSR count). The summed E-state index contributed by atoms with van der Waals surface area (Å²) in [6.07, 6.45) is 0.349. The number of hydrogen-bond donors (Lipinski definition) is 2. The van der Waals surface area contributed by atoms with E-state index < -0.39 is 6.04 Å². The van der Waals surface area contributed by atoms with Crippen molar-refractivity contribution in [1.29, 1.82) is 0 Å². The van der Waals surface area contributed by atoms with Crippen LogP contribution in [-0.4, -0.2) is 18.5 Å². The van der Waals surface area contributed by atoms with E-state index >= 15 is 0 Å². The highest BCUT2D eigenvalue weighted by Gasteiger charge is 2.16. The van der Waals surface area contributed by atoms with Crippen LogP contribution < -0.4 is 11.1 Å². The van der Waals surface area contributed by atoms with E-state index in [2.05, 4.69) is 5.32 Å². The number of hydrogen-bond acceptors (Lipinski definition) is 2. The molecule has 0 aliphatic heterocycles. The van der Waals surface area contributed by atoms with Gasteiger partial charge in [0.15, 0.2) is 0 Å². The number of nitrogens with two attached hydrogens (primary N) is 1. The molecule has 0 heterocycles. The molecule has 0 aromatic heterocycles. The number of carbonyl (C=O) groups excluding carboxylic acids is 1. The molecule has 0 aliphatic carbocycles. The van der Waals surface area contributed by atoms with E-state index in [0.717, 1.165) is 0 Å². The van der Waals surface area contributed by atoms with E-state index in [-0.39, 0.29) is 17.6 Å². The van der Waals surface area contributed by atoms with Crippen molar-refractivity contribution in [1.82, 2.24) is 5.32 Å². The molecule has 1 aromatic carbocycles. The molecule has 1 amide bonds. The average Bonchev–Trinajstić information content (AvgIpc) is 2.31. The highest BCUT2D eigenvalue weighted by molar-refractivity contribution is 6.31. The van der Waals surface area contributed by atoms with Gasteiger partial charge in [0.2, 0.25) is 5.91 Å². The van der Waals surface area contributed by atoms with E-state index in [9.17, 15) is 9.18 Å². The van der Waals surface area contributed by atoms with Gasteiger partial charge in [-0.1, -0.05) is 31.5 Å². The van der Waals surface area contributed by atoms with Crippen molar-refractivity contribution in [3.05, 3.63) is 34.6 Å². The van der Waals surface area contributed by atoms with E-state index in [1.54, 1.807) is 12.1 Å². The topological polar surface area (TPSA) is 55.1 Å². The number of halogens is 2. The molecule has 0 fully saturated rings. The van der Waals surface area contributed by atoms with Crippen LogP contribution >= 0.6 is 11.6 Å². The quantitative estimate of drug-likeness (QED) is 0.863. The molecular formula is C13H18ClFN2O. The summed E-state index contributed by atoms with van der Waals surface area (Å²) in [5.41, 5.74) is 6.10. The van der Waals surface area contributed by atoms with Crippen LogP contribution in [0.2, 0.25) is 5.02 Å². The fourth-order valence-corrected chi connectivity index (χ4v) is 1.76. The van der Waals surface area contributed by atoms with Crippen LogP contribution in [0.15, 0.2) is 18.2 Å². The zero-order valence-electron chi connectivity index (χ0n) is 10.5. The Labute approximate surface area is 112 Å². The molecule has 100 valence electrons. The Kier molecular flexibility index (Phi) is 5.56. The second-order valence-corrected chi connectivity index (χ2v) is 4.92. The number of carbonyl (C=O) groups is 1. The third-order valence-electron chi connectivity index (χ3n) is 2.76. The van der Waals surface area contributed by atoms with Gasteiger partial charge in [-0.15, -0.1) is 0 Å². The third-order valence-corrected chi connectivity index (χ3v) is 3.11. The summed E-state index contributed by atoms with van der Waals surface area (Å²) in [6.45, 7) is 4.07. The predicted molar refractivity (Wildman–Crippen MR) is 70.9 cm³/mol. The van der Waals surface area contributed by atoms with Crippen LogP contribution in [-0.2, 0) is 11.2 Å². The van der Waals surface area contributed by atoms with E-state index in [0.29, 0.717) is 23.6 Å². The molecule has 1 atom stereocenters. The normalized spacial score (nSPS) is 12.6. The van der Waals surface area contributed by atoms with Crippen molar-refractivity contribution in [3.8, 4) is 0 Å². The fourth-order valence-electron chi connectivity index (χ4n) is 1.50. The molecule has 3 N–H and O–H groups in total. The Morgan fingerprint density at radius 1 is 1.50 bits per heavy atom. The van der Waals surface area contributed by atoms with Crippen molar-refractivity contribution >= 4 is 17.5 Å². The van der Waals surface area contributed by atoms with Crippen LogP contribution in [0.1, 0.15) is 19.4 Å². The average molecular weight is 273 g/mol. The maximum atomic E-state index is 13.4. The lowest BCUT2D eigenvalue weighted by atomic mass is 10.0. The Bertz CT molecular complexity index is 403. The van der Waals surface area contributed by atoms with Gasteiger partial charge in [-0.2, -0.15) is 0 Å². The van der Waals surface area contributed by atoms with Gasteiger partial charge in [-0.25, -0.2) is 4.39 Å². The van der Waals surface area contributed by atoms with Crippen molar-refractivity contribution in [2.45, 2.75) is 26.3 Å². The molecular weight excluding hydrogens is 255 g/mol. The van der Waals surface area contributed by atoms with E-state index in [1.165, 1.54) is 6.07 Å². The summed E-state index contributed by atoms with van der Waals surface area (Å²) in [5, 5.41) is 3.05. The summed E-state index contributed by atoms with van der Waals surface area (Å²) >= 11 is 5.88. The van der Waals surface area contributed by atoms with E-state index in [1.807, 2.05) is 13.8 Å². The number of rotatable bonds is 5. The molecule has 0 spiro atoms. The van der Waals surface area contributed by atoms with Crippen molar-refractivity contribution in [3.63, 3.8) is 0 Å². The molecule has 0 bridgehead atoms. The Balaban J connectivity index is 2.50. The van der Waals surface area contributed by atoms with Gasteiger partial charge in [-0.3, -0.25) is 4.79 Å². The second kappa shape index (κ2) is 6.71. The Hall–Kier alpha value is -1.13. The number of amides is 1. The maximum absolute atomic E-state index is 13.4. The molecule has 1 aromatic rings. The minimum atomic E-state index is -0.541. The Morgan fingerprint density at radius 3 is 2.72 bits per heavy atom.